The Morgan fingerprint density at radius 1 is 1.31 bits per heavy atom. The fourth-order valence-electron chi connectivity index (χ4n) is 4.09. The molecule has 1 aliphatic heterocycles. The number of H-pyrrole nitrogens is 1. The van der Waals surface area contributed by atoms with Gasteiger partial charge in [0, 0.05) is 23.7 Å². The number of aromatic amines is 1. The summed E-state index contributed by atoms with van der Waals surface area (Å²) in [7, 11) is -3.25. The Balaban J connectivity index is 1.42. The molecular formula is C20H26N4O4S. The normalized spacial score (nSPS) is 22.4. The average Bonchev–Trinajstić information content (AvgIpc) is 3.34. The number of rotatable bonds is 5. The number of hydrogen-bond acceptors (Lipinski definition) is 6. The predicted octanol–water partition coefficient (Wildman–Crippen LogP) is 3.25. The first-order valence-electron chi connectivity index (χ1n) is 9.96. The molecule has 0 radical (unpaired) electrons. The van der Waals surface area contributed by atoms with E-state index in [1.807, 2.05) is 32.0 Å². The maximum absolute atomic E-state index is 12.4. The van der Waals surface area contributed by atoms with Crippen molar-refractivity contribution in [2.24, 2.45) is 0 Å². The van der Waals surface area contributed by atoms with Gasteiger partial charge >= 0.3 is 6.09 Å². The first-order valence-corrected chi connectivity index (χ1v) is 11.6. The van der Waals surface area contributed by atoms with Crippen LogP contribution in [0.4, 0.5) is 16.3 Å². The Labute approximate surface area is 170 Å². The summed E-state index contributed by atoms with van der Waals surface area (Å²) in [6.07, 6.45) is 2.51. The van der Waals surface area contributed by atoms with Gasteiger partial charge in [-0.1, -0.05) is 12.1 Å². The smallest absolute Gasteiger partial charge is 0.407 e. The molecule has 2 atom stereocenters. The lowest BCUT2D eigenvalue weighted by molar-refractivity contribution is 0.0981. The molecular weight excluding hydrogens is 392 g/mol. The topological polar surface area (TPSA) is 113 Å². The molecule has 1 aromatic heterocycles. The summed E-state index contributed by atoms with van der Waals surface area (Å²) in [6.45, 7) is 3.79. The number of hydrogen-bond donors (Lipinski definition) is 3. The van der Waals surface area contributed by atoms with Crippen molar-refractivity contribution in [2.75, 3.05) is 11.1 Å². The zero-order chi connectivity index (χ0) is 20.6. The summed E-state index contributed by atoms with van der Waals surface area (Å²) < 4.78 is 30.2. The van der Waals surface area contributed by atoms with Gasteiger partial charge in [-0.25, -0.2) is 13.2 Å². The van der Waals surface area contributed by atoms with Crippen molar-refractivity contribution in [1.82, 2.24) is 15.5 Å². The van der Waals surface area contributed by atoms with Crippen LogP contribution in [0, 0.1) is 0 Å². The van der Waals surface area contributed by atoms with E-state index < -0.39 is 9.84 Å². The van der Waals surface area contributed by atoms with Gasteiger partial charge in [-0.2, -0.15) is 5.10 Å². The number of carbonyl (C=O) groups excluding carboxylic acids is 1. The number of amides is 1. The van der Waals surface area contributed by atoms with E-state index in [-0.39, 0.29) is 29.9 Å². The second kappa shape index (κ2) is 7.70. The van der Waals surface area contributed by atoms with Crippen molar-refractivity contribution in [2.45, 2.75) is 62.5 Å². The van der Waals surface area contributed by atoms with Crippen LogP contribution in [0.5, 0.6) is 0 Å². The van der Waals surface area contributed by atoms with E-state index in [4.69, 9.17) is 4.74 Å². The number of ether oxygens (including phenoxy) is 1. The molecule has 2 heterocycles. The molecule has 2 aliphatic rings. The maximum atomic E-state index is 12.4. The zero-order valence-corrected chi connectivity index (χ0v) is 17.4. The number of sulfone groups is 1. The fourth-order valence-corrected chi connectivity index (χ4v) is 5.81. The maximum Gasteiger partial charge on any atom is 0.407 e. The summed E-state index contributed by atoms with van der Waals surface area (Å²) in [5.74, 6) is 0.957. The molecule has 1 amide bonds. The minimum atomic E-state index is -3.25. The minimum Gasteiger partial charge on any atom is -0.446 e. The zero-order valence-electron chi connectivity index (χ0n) is 16.6. The molecule has 1 saturated carbocycles. The molecule has 4 rings (SSSR count). The van der Waals surface area contributed by atoms with Gasteiger partial charge in [-0.3, -0.25) is 5.10 Å². The van der Waals surface area contributed by atoms with Crippen molar-refractivity contribution < 1.29 is 17.9 Å². The van der Waals surface area contributed by atoms with Gasteiger partial charge in [0.15, 0.2) is 15.7 Å². The highest BCUT2D eigenvalue weighted by molar-refractivity contribution is 7.91. The molecule has 156 valence electrons. The van der Waals surface area contributed by atoms with Gasteiger partial charge in [0.05, 0.1) is 16.3 Å². The first kappa shape index (κ1) is 19.8. The molecule has 1 aliphatic carbocycles. The van der Waals surface area contributed by atoms with Crippen molar-refractivity contribution in [3.8, 4) is 0 Å². The van der Waals surface area contributed by atoms with E-state index >= 15 is 0 Å². The van der Waals surface area contributed by atoms with Gasteiger partial charge in [0.2, 0.25) is 0 Å². The molecule has 8 nitrogen and oxygen atoms in total. The standard InChI is InChI=1S/C20H26N4O4S/c1-12(2)21-20(25)28-15-7-6-14(10-15)17-11-18(24-23-17)22-16-5-3-4-13-8-9-29(26,27)19(13)16/h3-5,11-12,14-15H,6-10H2,1-2H3,(H,21,25)(H2,22,23,24)/t14-,15+/m0/s1. The molecule has 0 spiro atoms. The highest BCUT2D eigenvalue weighted by Gasteiger charge is 2.31. The van der Waals surface area contributed by atoms with E-state index in [1.165, 1.54) is 0 Å². The number of anilines is 2. The second-order valence-electron chi connectivity index (χ2n) is 8.03. The highest BCUT2D eigenvalue weighted by Crippen LogP contribution is 2.37. The Bertz CT molecular complexity index is 1020. The van der Waals surface area contributed by atoms with Crippen molar-refractivity contribution in [1.29, 1.82) is 0 Å². The van der Waals surface area contributed by atoms with Gasteiger partial charge < -0.3 is 15.4 Å². The second-order valence-corrected chi connectivity index (χ2v) is 10.1. The predicted molar refractivity (Wildman–Crippen MR) is 109 cm³/mol. The van der Waals surface area contributed by atoms with Crippen molar-refractivity contribution in [3.05, 3.63) is 35.5 Å². The van der Waals surface area contributed by atoms with Crippen LogP contribution in [-0.2, 0) is 21.0 Å². The number of aromatic nitrogens is 2. The first-order chi connectivity index (χ1) is 13.8. The Kier molecular flexibility index (Phi) is 5.24. The molecule has 0 bridgehead atoms. The van der Waals surface area contributed by atoms with Gasteiger partial charge in [0.1, 0.15) is 6.10 Å². The lowest BCUT2D eigenvalue weighted by Gasteiger charge is -2.14. The Morgan fingerprint density at radius 2 is 2.14 bits per heavy atom. The van der Waals surface area contributed by atoms with Crippen LogP contribution in [0.2, 0.25) is 0 Å². The summed E-state index contributed by atoms with van der Waals surface area (Å²) in [4.78, 5) is 12.2. The van der Waals surface area contributed by atoms with Crippen LogP contribution >= 0.6 is 0 Å². The van der Waals surface area contributed by atoms with E-state index in [0.717, 1.165) is 30.5 Å². The van der Waals surface area contributed by atoms with Gasteiger partial charge in [-0.05, 0) is 51.2 Å². The SMILES string of the molecule is CC(C)NC(=O)O[C@@H]1CC[C@H](c2cc(Nc3cccc4c3S(=O)(=O)CC4)n[nH]2)C1. The Morgan fingerprint density at radius 3 is 2.93 bits per heavy atom. The number of nitrogens with zero attached hydrogens (tertiary/aromatic N) is 1. The van der Waals surface area contributed by atoms with Crippen LogP contribution in [-0.4, -0.2) is 42.6 Å². The number of nitrogens with one attached hydrogen (secondary N) is 3. The molecule has 0 saturated heterocycles. The van der Waals surface area contributed by atoms with Gasteiger partial charge in [0.25, 0.3) is 0 Å². The van der Waals surface area contributed by atoms with Gasteiger partial charge in [-0.15, -0.1) is 0 Å². The summed E-state index contributed by atoms with van der Waals surface area (Å²) in [5.41, 5.74) is 2.37. The average molecular weight is 419 g/mol. The number of aryl methyl sites for hydroxylation is 1. The van der Waals surface area contributed by atoms with E-state index in [2.05, 4.69) is 20.8 Å². The molecule has 2 aromatic rings. The number of fused-ring (bicyclic) bond motifs is 1. The molecule has 1 aromatic carbocycles. The lowest BCUT2D eigenvalue weighted by Crippen LogP contribution is -2.33. The summed E-state index contributed by atoms with van der Waals surface area (Å²) in [5, 5.41) is 13.2. The third-order valence-corrected chi connectivity index (χ3v) is 7.26. The van der Waals surface area contributed by atoms with Crippen LogP contribution in [0.3, 0.4) is 0 Å². The third-order valence-electron chi connectivity index (χ3n) is 5.41. The van der Waals surface area contributed by atoms with Crippen molar-refractivity contribution >= 4 is 27.4 Å². The van der Waals surface area contributed by atoms with E-state index in [9.17, 15) is 13.2 Å². The van der Waals surface area contributed by atoms with Crippen LogP contribution in [0.1, 0.15) is 50.3 Å². The number of benzene rings is 1. The van der Waals surface area contributed by atoms with Crippen LogP contribution in [0.25, 0.3) is 0 Å². The molecule has 3 N–H and O–H groups in total. The number of carbonyl (C=O) groups is 1. The Hall–Kier alpha value is -2.55. The van der Waals surface area contributed by atoms with E-state index in [1.54, 1.807) is 6.07 Å². The lowest BCUT2D eigenvalue weighted by atomic mass is 10.0. The largest absolute Gasteiger partial charge is 0.446 e. The summed E-state index contributed by atoms with van der Waals surface area (Å²) >= 11 is 0. The molecule has 1 fully saturated rings. The highest BCUT2D eigenvalue weighted by atomic mass is 32.2. The quantitative estimate of drug-likeness (QED) is 0.687. The van der Waals surface area contributed by atoms with Crippen LogP contribution < -0.4 is 10.6 Å². The number of alkyl carbamates (subject to hydrolysis) is 1. The fraction of sp³-hybridized carbons (Fsp3) is 0.500. The summed E-state index contributed by atoms with van der Waals surface area (Å²) in [6, 6.07) is 7.43. The third kappa shape index (κ3) is 4.24. The van der Waals surface area contributed by atoms with E-state index in [0.29, 0.717) is 22.8 Å². The van der Waals surface area contributed by atoms with Crippen molar-refractivity contribution in [3.63, 3.8) is 0 Å². The molecule has 9 heteroatoms. The molecule has 0 unspecified atom stereocenters. The molecule has 29 heavy (non-hydrogen) atoms. The minimum absolute atomic E-state index is 0.0455. The monoisotopic (exact) mass is 418 g/mol. The van der Waals surface area contributed by atoms with Crippen LogP contribution in [0.15, 0.2) is 29.2 Å².